The zero-order valence-corrected chi connectivity index (χ0v) is 14.7. The lowest BCUT2D eigenvalue weighted by Gasteiger charge is -2.11. The van der Waals surface area contributed by atoms with E-state index in [2.05, 4.69) is 5.32 Å². The Labute approximate surface area is 158 Å². The van der Waals surface area contributed by atoms with Crippen molar-refractivity contribution in [1.29, 1.82) is 0 Å². The van der Waals surface area contributed by atoms with Crippen molar-refractivity contribution < 1.29 is 34.9 Å². The molecule has 3 nitrogen and oxygen atoms in total. The molecule has 3 aromatic rings. The Kier molecular flexibility index (Phi) is 6.10. The van der Waals surface area contributed by atoms with E-state index in [1.165, 1.54) is 0 Å². The number of benzene rings is 2. The smallest absolute Gasteiger partial charge is 0.416 e. The maximum absolute atomic E-state index is 12.8. The number of aromatic nitrogens is 1. The summed E-state index contributed by atoms with van der Waals surface area (Å²) in [7, 11) is 0. The quantitative estimate of drug-likeness (QED) is 0.663. The number of carbonyl (C=O) groups excluding carboxylic acids is 1. The second kappa shape index (κ2) is 7.93. The number of alkyl halides is 3. The van der Waals surface area contributed by atoms with E-state index in [1.807, 2.05) is 30.3 Å². The molecular formula is C18H13Cl2F3N2O. The molecule has 1 amide bonds. The van der Waals surface area contributed by atoms with Crippen LogP contribution in [0.5, 0.6) is 0 Å². The topological polar surface area (TPSA) is 33.0 Å². The highest BCUT2D eigenvalue weighted by molar-refractivity contribution is 6.33. The largest absolute Gasteiger partial charge is 1.00 e. The first-order valence-corrected chi connectivity index (χ1v) is 7.75. The van der Waals surface area contributed by atoms with Gasteiger partial charge in [0.25, 0.3) is 5.91 Å². The summed E-state index contributed by atoms with van der Waals surface area (Å²) in [6.45, 7) is -0.0442. The van der Waals surface area contributed by atoms with Crippen molar-refractivity contribution in [1.82, 2.24) is 0 Å². The lowest BCUT2D eigenvalue weighted by atomic mass is 10.2. The molecule has 2 aromatic carbocycles. The lowest BCUT2D eigenvalue weighted by Crippen LogP contribution is -3.00. The standard InChI is InChI=1S/C18H12ClF3N2O.ClH/c19-15-6-5-14(18(20,21)22)9-16(15)23-17(25)11-24-8-7-12-3-1-2-4-13(12)10-24;/h1-10H,11H2;1H. The van der Waals surface area contributed by atoms with Crippen LogP contribution in [0.4, 0.5) is 18.9 Å². The molecule has 3 rings (SSSR count). The highest BCUT2D eigenvalue weighted by atomic mass is 35.5. The zero-order chi connectivity index (χ0) is 18.0. The predicted molar refractivity (Wildman–Crippen MR) is 89.2 cm³/mol. The van der Waals surface area contributed by atoms with Crippen LogP contribution in [0.15, 0.2) is 60.9 Å². The number of rotatable bonds is 3. The van der Waals surface area contributed by atoms with Crippen LogP contribution >= 0.6 is 11.6 Å². The second-order valence-electron chi connectivity index (χ2n) is 5.49. The Bertz CT molecular complexity index is 945. The number of hydrogen-bond donors (Lipinski definition) is 1. The van der Waals surface area contributed by atoms with Crippen LogP contribution in [-0.2, 0) is 17.5 Å². The first kappa shape index (κ1) is 20.0. The van der Waals surface area contributed by atoms with Crippen LogP contribution in [0.2, 0.25) is 5.02 Å². The van der Waals surface area contributed by atoms with Crippen LogP contribution in [-0.4, -0.2) is 5.91 Å². The molecule has 1 heterocycles. The number of halogens is 5. The Morgan fingerprint density at radius 1 is 1.08 bits per heavy atom. The van der Waals surface area contributed by atoms with Gasteiger partial charge in [0.05, 0.1) is 16.3 Å². The fraction of sp³-hybridized carbons (Fsp3) is 0.111. The predicted octanol–water partition coefficient (Wildman–Crippen LogP) is 1.44. The van der Waals surface area contributed by atoms with E-state index in [4.69, 9.17) is 11.6 Å². The molecule has 1 N–H and O–H groups in total. The minimum atomic E-state index is -4.50. The molecule has 0 bridgehead atoms. The molecule has 8 heteroatoms. The van der Waals surface area contributed by atoms with Gasteiger partial charge >= 0.3 is 6.18 Å². The Morgan fingerprint density at radius 3 is 2.46 bits per heavy atom. The molecule has 0 aliphatic rings. The van der Waals surface area contributed by atoms with Gasteiger partial charge < -0.3 is 17.7 Å². The van der Waals surface area contributed by atoms with Crippen molar-refractivity contribution in [3.63, 3.8) is 0 Å². The zero-order valence-electron chi connectivity index (χ0n) is 13.2. The minimum Gasteiger partial charge on any atom is -1.00 e. The molecule has 0 saturated heterocycles. The first-order chi connectivity index (χ1) is 11.8. The van der Waals surface area contributed by atoms with E-state index in [0.29, 0.717) is 0 Å². The summed E-state index contributed by atoms with van der Waals surface area (Å²) in [6, 6.07) is 12.3. The van der Waals surface area contributed by atoms with Gasteiger partial charge in [0.2, 0.25) is 6.54 Å². The van der Waals surface area contributed by atoms with E-state index >= 15 is 0 Å². The second-order valence-corrected chi connectivity index (χ2v) is 5.89. The van der Waals surface area contributed by atoms with Crippen LogP contribution in [0, 0.1) is 0 Å². The minimum absolute atomic E-state index is 0. The molecule has 1 aromatic heterocycles. The van der Waals surface area contributed by atoms with Gasteiger partial charge in [-0.05, 0) is 29.7 Å². The lowest BCUT2D eigenvalue weighted by molar-refractivity contribution is -0.682. The molecule has 26 heavy (non-hydrogen) atoms. The summed E-state index contributed by atoms with van der Waals surface area (Å²) in [5.41, 5.74) is -0.937. The van der Waals surface area contributed by atoms with Crippen LogP contribution in [0.25, 0.3) is 10.8 Å². The van der Waals surface area contributed by atoms with E-state index in [1.54, 1.807) is 17.0 Å². The number of pyridine rings is 1. The van der Waals surface area contributed by atoms with Gasteiger partial charge in [-0.2, -0.15) is 17.7 Å². The normalized spacial score (nSPS) is 11.1. The van der Waals surface area contributed by atoms with Crippen molar-refractivity contribution in [2.45, 2.75) is 12.7 Å². The fourth-order valence-corrected chi connectivity index (χ4v) is 2.59. The molecular weight excluding hydrogens is 388 g/mol. The van der Waals surface area contributed by atoms with Gasteiger partial charge in [0.1, 0.15) is 0 Å². The van der Waals surface area contributed by atoms with Crippen LogP contribution in [0.1, 0.15) is 5.56 Å². The van der Waals surface area contributed by atoms with Gasteiger partial charge in [-0.3, -0.25) is 4.79 Å². The third kappa shape index (κ3) is 4.65. The molecule has 0 fully saturated rings. The van der Waals surface area contributed by atoms with E-state index in [0.717, 1.165) is 29.0 Å². The van der Waals surface area contributed by atoms with Crippen molar-refractivity contribution in [3.05, 3.63) is 71.5 Å². The van der Waals surface area contributed by atoms with Crippen molar-refractivity contribution in [2.24, 2.45) is 0 Å². The van der Waals surface area contributed by atoms with Crippen molar-refractivity contribution in [3.8, 4) is 0 Å². The highest BCUT2D eigenvalue weighted by Crippen LogP contribution is 2.33. The van der Waals surface area contributed by atoms with Crippen molar-refractivity contribution >= 4 is 34.0 Å². The SMILES string of the molecule is O=C(C[n+]1ccc2ccccc2c1)Nc1cc(C(F)(F)F)ccc1Cl.[Cl-]. The average Bonchev–Trinajstić information content (AvgIpc) is 2.55. The van der Waals surface area contributed by atoms with Gasteiger partial charge in [-0.25, -0.2) is 0 Å². The van der Waals surface area contributed by atoms with Gasteiger partial charge in [-0.1, -0.05) is 29.8 Å². The number of hydrogen-bond acceptors (Lipinski definition) is 1. The Balaban J connectivity index is 0.00000243. The number of nitrogens with zero attached hydrogens (tertiary/aromatic N) is 1. The fourth-order valence-electron chi connectivity index (χ4n) is 2.43. The summed E-state index contributed by atoms with van der Waals surface area (Å²) in [6.07, 6.45) is -0.977. The third-order valence-corrected chi connectivity index (χ3v) is 3.97. The molecule has 0 saturated carbocycles. The summed E-state index contributed by atoms with van der Waals surface area (Å²) < 4.78 is 40.0. The number of carbonyl (C=O) groups is 1. The maximum Gasteiger partial charge on any atom is 0.416 e. The number of amides is 1. The third-order valence-electron chi connectivity index (χ3n) is 3.64. The van der Waals surface area contributed by atoms with Crippen molar-refractivity contribution in [2.75, 3.05) is 5.32 Å². The molecule has 0 unspecified atom stereocenters. The maximum atomic E-state index is 12.8. The molecule has 0 spiro atoms. The summed E-state index contributed by atoms with van der Waals surface area (Å²) >= 11 is 5.88. The number of fused-ring (bicyclic) bond motifs is 1. The first-order valence-electron chi connectivity index (χ1n) is 7.37. The molecule has 0 radical (unpaired) electrons. The summed E-state index contributed by atoms with van der Waals surface area (Å²) in [4.78, 5) is 12.2. The molecule has 136 valence electrons. The molecule has 0 atom stereocenters. The highest BCUT2D eigenvalue weighted by Gasteiger charge is 2.31. The molecule has 0 aliphatic carbocycles. The van der Waals surface area contributed by atoms with Gasteiger partial charge in [0, 0.05) is 11.5 Å². The number of nitrogens with one attached hydrogen (secondary N) is 1. The van der Waals surface area contributed by atoms with E-state index in [-0.39, 0.29) is 29.7 Å². The van der Waals surface area contributed by atoms with Crippen LogP contribution < -0.4 is 22.3 Å². The Hall–Kier alpha value is -2.31. The summed E-state index contributed by atoms with van der Waals surface area (Å²) in [5.74, 6) is -0.471. The van der Waals surface area contributed by atoms with Gasteiger partial charge in [0.15, 0.2) is 12.4 Å². The molecule has 0 aliphatic heterocycles. The monoisotopic (exact) mass is 400 g/mol. The summed E-state index contributed by atoms with van der Waals surface area (Å²) in [5, 5.41) is 4.46. The number of anilines is 1. The van der Waals surface area contributed by atoms with Gasteiger partial charge in [-0.15, -0.1) is 0 Å². The van der Waals surface area contributed by atoms with E-state index < -0.39 is 17.6 Å². The Morgan fingerprint density at radius 2 is 1.77 bits per heavy atom. The average molecular weight is 401 g/mol. The van der Waals surface area contributed by atoms with E-state index in [9.17, 15) is 18.0 Å². The van der Waals surface area contributed by atoms with Crippen LogP contribution in [0.3, 0.4) is 0 Å².